The summed E-state index contributed by atoms with van der Waals surface area (Å²) >= 11 is 7.37. The second kappa shape index (κ2) is 9.24. The van der Waals surface area contributed by atoms with Crippen molar-refractivity contribution in [1.29, 1.82) is 0 Å². The lowest BCUT2D eigenvalue weighted by Gasteiger charge is -2.14. The molecule has 0 radical (unpaired) electrons. The summed E-state index contributed by atoms with van der Waals surface area (Å²) in [5.74, 6) is 2.04. The topological polar surface area (TPSA) is 53.4 Å². The lowest BCUT2D eigenvalue weighted by Crippen LogP contribution is -2.22. The zero-order valence-electron chi connectivity index (χ0n) is 16.2. The average Bonchev–Trinajstić information content (AvgIpc) is 2.78. The monoisotopic (exact) mass is 438 g/mol. The van der Waals surface area contributed by atoms with Gasteiger partial charge < -0.3 is 9.47 Å². The van der Waals surface area contributed by atoms with E-state index in [-0.39, 0.29) is 5.56 Å². The zero-order valence-corrected chi connectivity index (χ0v) is 17.8. The molecule has 152 valence electrons. The van der Waals surface area contributed by atoms with Gasteiger partial charge in [0.05, 0.1) is 30.3 Å². The van der Waals surface area contributed by atoms with Crippen molar-refractivity contribution in [3.8, 4) is 17.2 Å². The van der Waals surface area contributed by atoms with Crippen LogP contribution >= 0.6 is 23.4 Å². The predicted molar refractivity (Wildman–Crippen MR) is 122 cm³/mol. The van der Waals surface area contributed by atoms with E-state index in [1.54, 1.807) is 29.9 Å². The third-order valence-electron chi connectivity index (χ3n) is 4.45. The molecule has 0 saturated carbocycles. The number of thioether (sulfide) groups is 1. The fourth-order valence-corrected chi connectivity index (χ4v) is 3.97. The number of methoxy groups -OCH3 is 1. The highest BCUT2D eigenvalue weighted by molar-refractivity contribution is 7.99. The van der Waals surface area contributed by atoms with Crippen LogP contribution in [0.1, 0.15) is 0 Å². The maximum Gasteiger partial charge on any atom is 0.266 e. The Balaban J connectivity index is 1.63. The van der Waals surface area contributed by atoms with E-state index in [1.165, 1.54) is 11.8 Å². The predicted octanol–water partition coefficient (Wildman–Crippen LogP) is 5.22. The first-order valence-corrected chi connectivity index (χ1v) is 10.7. The SMILES string of the molecule is COc1cccc(-n2c(SCCOc3ccc(Cl)cc3)nc3ccccc3c2=O)c1. The van der Waals surface area contributed by atoms with Crippen molar-refractivity contribution in [2.24, 2.45) is 0 Å². The van der Waals surface area contributed by atoms with Gasteiger partial charge in [0.15, 0.2) is 5.16 Å². The number of para-hydroxylation sites is 1. The van der Waals surface area contributed by atoms with Crippen LogP contribution in [0.4, 0.5) is 0 Å². The van der Waals surface area contributed by atoms with E-state index in [2.05, 4.69) is 0 Å². The highest BCUT2D eigenvalue weighted by atomic mass is 35.5. The van der Waals surface area contributed by atoms with E-state index in [1.807, 2.05) is 54.6 Å². The van der Waals surface area contributed by atoms with Crippen molar-refractivity contribution in [3.05, 3.63) is 88.2 Å². The summed E-state index contributed by atoms with van der Waals surface area (Å²) in [6, 6.07) is 22.0. The standard InChI is InChI=1S/C23H19ClN2O3S/c1-28-19-6-4-5-17(15-19)26-22(27)20-7-2-3-8-21(20)25-23(26)30-14-13-29-18-11-9-16(24)10-12-18/h2-12,15H,13-14H2,1H3. The third-order valence-corrected chi connectivity index (χ3v) is 5.61. The Morgan fingerprint density at radius 1 is 1.00 bits per heavy atom. The molecule has 0 fully saturated rings. The molecular weight excluding hydrogens is 420 g/mol. The summed E-state index contributed by atoms with van der Waals surface area (Å²) < 4.78 is 12.7. The van der Waals surface area contributed by atoms with Gasteiger partial charge in [-0.25, -0.2) is 4.98 Å². The van der Waals surface area contributed by atoms with Gasteiger partial charge in [-0.2, -0.15) is 0 Å². The number of nitrogens with zero attached hydrogens (tertiary/aromatic N) is 2. The lowest BCUT2D eigenvalue weighted by molar-refractivity contribution is 0.344. The number of fused-ring (bicyclic) bond motifs is 1. The molecule has 1 heterocycles. The Morgan fingerprint density at radius 3 is 2.60 bits per heavy atom. The Kier molecular flexibility index (Phi) is 6.26. The van der Waals surface area contributed by atoms with Gasteiger partial charge in [-0.1, -0.05) is 41.6 Å². The van der Waals surface area contributed by atoms with E-state index < -0.39 is 0 Å². The minimum Gasteiger partial charge on any atom is -0.497 e. The van der Waals surface area contributed by atoms with Crippen molar-refractivity contribution in [2.45, 2.75) is 5.16 Å². The summed E-state index contributed by atoms with van der Waals surface area (Å²) in [7, 11) is 1.60. The summed E-state index contributed by atoms with van der Waals surface area (Å²) in [5.41, 5.74) is 1.26. The first-order chi connectivity index (χ1) is 14.7. The van der Waals surface area contributed by atoms with Crippen LogP contribution < -0.4 is 15.0 Å². The van der Waals surface area contributed by atoms with Gasteiger partial charge in [-0.3, -0.25) is 9.36 Å². The quantitative estimate of drug-likeness (QED) is 0.225. The molecule has 0 saturated heterocycles. The Morgan fingerprint density at radius 2 is 1.80 bits per heavy atom. The Labute approximate surface area is 183 Å². The van der Waals surface area contributed by atoms with Gasteiger partial charge in [-0.05, 0) is 48.5 Å². The van der Waals surface area contributed by atoms with E-state index in [4.69, 9.17) is 26.1 Å². The van der Waals surface area contributed by atoms with Gasteiger partial charge in [0.25, 0.3) is 5.56 Å². The molecule has 0 spiro atoms. The van der Waals surface area contributed by atoms with E-state index >= 15 is 0 Å². The molecule has 4 rings (SSSR count). The molecule has 1 aromatic heterocycles. The van der Waals surface area contributed by atoms with Crippen LogP contribution in [0.15, 0.2) is 82.7 Å². The minimum atomic E-state index is -0.116. The third kappa shape index (κ3) is 4.45. The van der Waals surface area contributed by atoms with Gasteiger partial charge in [0, 0.05) is 16.8 Å². The maximum absolute atomic E-state index is 13.3. The zero-order chi connectivity index (χ0) is 20.9. The number of aromatic nitrogens is 2. The van der Waals surface area contributed by atoms with E-state index in [0.717, 1.165) is 5.75 Å². The molecule has 0 aliphatic heterocycles. The van der Waals surface area contributed by atoms with Crippen molar-refractivity contribution in [3.63, 3.8) is 0 Å². The van der Waals surface area contributed by atoms with Crippen LogP contribution in [-0.2, 0) is 0 Å². The van der Waals surface area contributed by atoms with Gasteiger partial charge >= 0.3 is 0 Å². The normalized spacial score (nSPS) is 10.9. The molecule has 4 aromatic rings. The van der Waals surface area contributed by atoms with Crippen LogP contribution in [0.3, 0.4) is 0 Å². The highest BCUT2D eigenvalue weighted by Crippen LogP contribution is 2.24. The molecule has 5 nitrogen and oxygen atoms in total. The van der Waals surface area contributed by atoms with E-state index in [0.29, 0.717) is 44.9 Å². The molecular formula is C23H19ClN2O3S. The van der Waals surface area contributed by atoms with Gasteiger partial charge in [0.2, 0.25) is 0 Å². The maximum atomic E-state index is 13.3. The number of rotatable bonds is 7. The van der Waals surface area contributed by atoms with Crippen LogP contribution in [0.25, 0.3) is 16.6 Å². The molecule has 3 aromatic carbocycles. The van der Waals surface area contributed by atoms with Crippen molar-refractivity contribution in [2.75, 3.05) is 19.5 Å². The number of halogens is 1. The highest BCUT2D eigenvalue weighted by Gasteiger charge is 2.14. The molecule has 0 aliphatic carbocycles. The number of ether oxygens (including phenoxy) is 2. The molecule has 7 heteroatoms. The fraction of sp³-hybridized carbons (Fsp3) is 0.130. The van der Waals surface area contributed by atoms with E-state index in [9.17, 15) is 4.79 Å². The molecule has 0 N–H and O–H groups in total. The molecule has 0 atom stereocenters. The lowest BCUT2D eigenvalue weighted by atomic mass is 10.2. The fourth-order valence-electron chi connectivity index (χ4n) is 3.01. The molecule has 0 amide bonds. The molecule has 0 unspecified atom stereocenters. The van der Waals surface area contributed by atoms with Gasteiger partial charge in [-0.15, -0.1) is 0 Å². The second-order valence-electron chi connectivity index (χ2n) is 6.40. The molecule has 0 aliphatic rings. The minimum absolute atomic E-state index is 0.116. The number of hydrogen-bond donors (Lipinski definition) is 0. The average molecular weight is 439 g/mol. The first kappa shape index (κ1) is 20.3. The van der Waals surface area contributed by atoms with Crippen LogP contribution in [0.5, 0.6) is 11.5 Å². The summed E-state index contributed by atoms with van der Waals surface area (Å²) in [4.78, 5) is 18.0. The largest absolute Gasteiger partial charge is 0.497 e. The second-order valence-corrected chi connectivity index (χ2v) is 7.90. The van der Waals surface area contributed by atoms with Crippen LogP contribution in [0.2, 0.25) is 5.02 Å². The van der Waals surface area contributed by atoms with Crippen molar-refractivity contribution < 1.29 is 9.47 Å². The van der Waals surface area contributed by atoms with Crippen LogP contribution in [0, 0.1) is 0 Å². The summed E-state index contributed by atoms with van der Waals surface area (Å²) in [6.45, 7) is 0.465. The van der Waals surface area contributed by atoms with Crippen molar-refractivity contribution in [1.82, 2.24) is 9.55 Å². The summed E-state index contributed by atoms with van der Waals surface area (Å²) in [5, 5.41) is 1.84. The van der Waals surface area contributed by atoms with Crippen LogP contribution in [-0.4, -0.2) is 29.0 Å². The Bertz CT molecular complexity index is 1230. The van der Waals surface area contributed by atoms with Crippen molar-refractivity contribution >= 4 is 34.3 Å². The smallest absolute Gasteiger partial charge is 0.266 e. The molecule has 30 heavy (non-hydrogen) atoms. The molecule has 0 bridgehead atoms. The van der Waals surface area contributed by atoms with Gasteiger partial charge in [0.1, 0.15) is 11.5 Å². The number of benzene rings is 3. The Hall–Kier alpha value is -2.96. The summed E-state index contributed by atoms with van der Waals surface area (Å²) in [6.07, 6.45) is 0. The number of hydrogen-bond acceptors (Lipinski definition) is 5. The first-order valence-electron chi connectivity index (χ1n) is 9.33.